The van der Waals surface area contributed by atoms with Crippen molar-refractivity contribution in [3.05, 3.63) is 48.0 Å². The van der Waals surface area contributed by atoms with Crippen molar-refractivity contribution in [1.29, 1.82) is 0 Å². The van der Waals surface area contributed by atoms with E-state index in [4.69, 9.17) is 9.47 Å². The summed E-state index contributed by atoms with van der Waals surface area (Å²) >= 11 is 0. The van der Waals surface area contributed by atoms with E-state index in [0.29, 0.717) is 29.9 Å². The van der Waals surface area contributed by atoms with Gasteiger partial charge in [0.2, 0.25) is 0 Å². The summed E-state index contributed by atoms with van der Waals surface area (Å²) < 4.78 is 12.6. The summed E-state index contributed by atoms with van der Waals surface area (Å²) in [5.74, 6) is -0.670. The van der Waals surface area contributed by atoms with Gasteiger partial charge in [0.05, 0.1) is 23.5 Å². The fourth-order valence-electron chi connectivity index (χ4n) is 4.40. The number of allylic oxidation sites excluding steroid dienone is 1. The van der Waals surface area contributed by atoms with Gasteiger partial charge < -0.3 is 19.7 Å². The minimum Gasteiger partial charge on any atom is -0.451 e. The second-order valence-electron chi connectivity index (χ2n) is 6.99. The molecule has 0 saturated heterocycles. The smallest absolute Gasteiger partial charge is 0.261 e. The van der Waals surface area contributed by atoms with Crippen molar-refractivity contribution in [2.24, 2.45) is 5.92 Å². The first-order valence-corrected chi connectivity index (χ1v) is 8.58. The standard InChI is InChI=1S/C20H18O5/c21-13-10-14(22)19(23)18-12(13)6-3-9-20(18)24-15-7-1-4-11-5-2-8-16(25-20)17(11)15/h1-2,4-8,14,18-19,22-23H,3,9-10H2/t14-,18+,19-/m1/s1. The van der Waals surface area contributed by atoms with Crippen molar-refractivity contribution in [2.45, 2.75) is 37.3 Å². The number of fused-ring (bicyclic) bond motifs is 2. The molecule has 0 bridgehead atoms. The summed E-state index contributed by atoms with van der Waals surface area (Å²) in [6, 6.07) is 11.6. The Balaban J connectivity index is 1.67. The first kappa shape index (κ1) is 14.9. The third-order valence-electron chi connectivity index (χ3n) is 5.51. The Labute approximate surface area is 144 Å². The molecule has 25 heavy (non-hydrogen) atoms. The number of Topliss-reactive ketones (excluding diaryl/α,β-unsaturated/α-hetero) is 1. The molecule has 1 heterocycles. The highest BCUT2D eigenvalue weighted by molar-refractivity contribution is 5.98. The Morgan fingerprint density at radius 2 is 1.72 bits per heavy atom. The van der Waals surface area contributed by atoms with Crippen molar-refractivity contribution in [3.63, 3.8) is 0 Å². The number of carbonyl (C=O) groups excluding carboxylic acids is 1. The molecule has 0 aromatic heterocycles. The van der Waals surface area contributed by atoms with Crippen LogP contribution in [0, 0.1) is 5.92 Å². The number of ether oxygens (including phenoxy) is 2. The van der Waals surface area contributed by atoms with Crippen LogP contribution in [0.25, 0.3) is 10.8 Å². The van der Waals surface area contributed by atoms with E-state index < -0.39 is 23.9 Å². The van der Waals surface area contributed by atoms with Crippen LogP contribution in [0.2, 0.25) is 0 Å². The zero-order chi connectivity index (χ0) is 17.2. The van der Waals surface area contributed by atoms with Gasteiger partial charge in [0.1, 0.15) is 11.5 Å². The molecule has 5 nitrogen and oxygen atoms in total. The lowest BCUT2D eigenvalue weighted by molar-refractivity contribution is -0.201. The Morgan fingerprint density at radius 3 is 2.40 bits per heavy atom. The maximum atomic E-state index is 12.4. The van der Waals surface area contributed by atoms with Crippen LogP contribution in [0.4, 0.5) is 0 Å². The fourth-order valence-corrected chi connectivity index (χ4v) is 4.40. The molecule has 0 amide bonds. The van der Waals surface area contributed by atoms with E-state index in [1.54, 1.807) is 0 Å². The van der Waals surface area contributed by atoms with Crippen LogP contribution in [0.5, 0.6) is 11.5 Å². The molecule has 3 aliphatic rings. The molecule has 1 saturated carbocycles. The predicted octanol–water partition coefficient (Wildman–Crippen LogP) is 2.34. The van der Waals surface area contributed by atoms with E-state index in [2.05, 4.69) is 0 Å². The van der Waals surface area contributed by atoms with E-state index in [1.807, 2.05) is 42.5 Å². The number of aliphatic hydroxyl groups is 2. The van der Waals surface area contributed by atoms with Crippen molar-refractivity contribution in [3.8, 4) is 11.5 Å². The van der Waals surface area contributed by atoms with Gasteiger partial charge in [-0.1, -0.05) is 30.3 Å². The van der Waals surface area contributed by atoms with Crippen molar-refractivity contribution in [1.82, 2.24) is 0 Å². The van der Waals surface area contributed by atoms with Gasteiger partial charge in [0, 0.05) is 18.4 Å². The van der Waals surface area contributed by atoms with Crippen LogP contribution < -0.4 is 9.47 Å². The average molecular weight is 338 g/mol. The van der Waals surface area contributed by atoms with Gasteiger partial charge in [-0.2, -0.15) is 0 Å². The summed E-state index contributed by atoms with van der Waals surface area (Å²) in [6.45, 7) is 0. The lowest BCUT2D eigenvalue weighted by Crippen LogP contribution is -2.61. The van der Waals surface area contributed by atoms with E-state index in [1.165, 1.54) is 0 Å². The van der Waals surface area contributed by atoms with Crippen molar-refractivity contribution < 1.29 is 24.5 Å². The number of carbonyl (C=O) groups is 1. The molecular formula is C20H18O5. The number of hydrogen-bond donors (Lipinski definition) is 2. The zero-order valence-corrected chi connectivity index (χ0v) is 13.5. The molecule has 1 spiro atoms. The quantitative estimate of drug-likeness (QED) is 0.771. The highest BCUT2D eigenvalue weighted by Gasteiger charge is 2.57. The number of benzene rings is 2. The molecular weight excluding hydrogens is 320 g/mol. The second kappa shape index (κ2) is 5.07. The summed E-state index contributed by atoms with van der Waals surface area (Å²) in [6.07, 6.45) is 0.701. The van der Waals surface area contributed by atoms with Crippen molar-refractivity contribution in [2.75, 3.05) is 0 Å². The summed E-state index contributed by atoms with van der Waals surface area (Å²) in [7, 11) is 0. The number of rotatable bonds is 0. The molecule has 0 radical (unpaired) electrons. The van der Waals surface area contributed by atoms with E-state index in [9.17, 15) is 15.0 Å². The number of hydrogen-bond acceptors (Lipinski definition) is 5. The Hall–Kier alpha value is -2.37. The monoisotopic (exact) mass is 338 g/mol. The molecule has 2 N–H and O–H groups in total. The summed E-state index contributed by atoms with van der Waals surface area (Å²) in [5, 5.41) is 22.7. The molecule has 1 aliphatic heterocycles. The number of ketones is 1. The molecule has 2 aromatic carbocycles. The highest BCUT2D eigenvalue weighted by Crippen LogP contribution is 2.50. The predicted molar refractivity (Wildman–Crippen MR) is 90.4 cm³/mol. The molecule has 128 valence electrons. The minimum absolute atomic E-state index is 0.0637. The minimum atomic E-state index is -1.18. The molecule has 5 heteroatoms. The first-order chi connectivity index (χ1) is 12.1. The molecule has 0 unspecified atom stereocenters. The molecule has 1 fully saturated rings. The molecule has 2 aromatic rings. The fraction of sp³-hybridized carbons (Fsp3) is 0.350. The summed E-state index contributed by atoms with van der Waals surface area (Å²) in [5.41, 5.74) is 0.510. The molecule has 2 aliphatic carbocycles. The van der Waals surface area contributed by atoms with E-state index in [-0.39, 0.29) is 12.2 Å². The lowest BCUT2D eigenvalue weighted by atomic mass is 9.70. The normalized spacial score (nSPS) is 29.6. The third-order valence-corrected chi connectivity index (χ3v) is 5.51. The van der Waals surface area contributed by atoms with Gasteiger partial charge >= 0.3 is 0 Å². The Morgan fingerprint density at radius 1 is 1.04 bits per heavy atom. The maximum Gasteiger partial charge on any atom is 0.261 e. The molecule has 3 atom stereocenters. The van der Waals surface area contributed by atoms with Gasteiger partial charge in [0.15, 0.2) is 5.78 Å². The second-order valence-corrected chi connectivity index (χ2v) is 6.99. The van der Waals surface area contributed by atoms with Crippen molar-refractivity contribution >= 4 is 16.6 Å². The topological polar surface area (TPSA) is 76.0 Å². The van der Waals surface area contributed by atoms with Crippen LogP contribution in [0.1, 0.15) is 19.3 Å². The maximum absolute atomic E-state index is 12.4. The lowest BCUT2D eigenvalue weighted by Gasteiger charge is -2.49. The zero-order valence-electron chi connectivity index (χ0n) is 13.5. The largest absolute Gasteiger partial charge is 0.451 e. The van der Waals surface area contributed by atoms with Crippen LogP contribution in [-0.4, -0.2) is 34.0 Å². The van der Waals surface area contributed by atoms with Gasteiger partial charge in [0.25, 0.3) is 5.79 Å². The van der Waals surface area contributed by atoms with E-state index >= 15 is 0 Å². The van der Waals surface area contributed by atoms with Crippen LogP contribution in [-0.2, 0) is 4.79 Å². The van der Waals surface area contributed by atoms with Gasteiger partial charge in [-0.3, -0.25) is 4.79 Å². The molecule has 5 rings (SSSR count). The van der Waals surface area contributed by atoms with Crippen LogP contribution >= 0.6 is 0 Å². The Bertz CT molecular complexity index is 875. The SMILES string of the molecule is O=C1C[C@@H](O)[C@@H](O)[C@@H]2C1=CCCC21Oc2cccc3cccc(c23)O1. The average Bonchev–Trinajstić information content (AvgIpc) is 2.60. The third kappa shape index (κ3) is 2.00. The van der Waals surface area contributed by atoms with Gasteiger partial charge in [-0.15, -0.1) is 0 Å². The first-order valence-electron chi connectivity index (χ1n) is 8.58. The van der Waals surface area contributed by atoms with Crippen LogP contribution in [0.3, 0.4) is 0 Å². The Kier molecular flexibility index (Phi) is 3.03. The van der Waals surface area contributed by atoms with Gasteiger partial charge in [-0.05, 0) is 23.9 Å². The van der Waals surface area contributed by atoms with Crippen LogP contribution in [0.15, 0.2) is 48.0 Å². The number of aliphatic hydroxyl groups excluding tert-OH is 2. The summed E-state index contributed by atoms with van der Waals surface area (Å²) in [4.78, 5) is 12.4. The van der Waals surface area contributed by atoms with Gasteiger partial charge in [-0.25, -0.2) is 0 Å². The highest BCUT2D eigenvalue weighted by atomic mass is 16.7. The van der Waals surface area contributed by atoms with E-state index in [0.717, 1.165) is 10.8 Å².